The van der Waals surface area contributed by atoms with Crippen LogP contribution in [0.4, 0.5) is 5.69 Å². The first kappa shape index (κ1) is 14.2. The zero-order chi connectivity index (χ0) is 13.7. The normalized spacial score (nSPS) is 19.5. The molecule has 1 aliphatic rings. The fraction of sp³-hybridized carbons (Fsp3) is 0.583. The lowest BCUT2D eigenvalue weighted by Gasteiger charge is -2.14. The SMILES string of the molecule is CCCNc1ccncc1S(=O)(=O)NC1CCOC1. The summed E-state index contributed by atoms with van der Waals surface area (Å²) in [5, 5.41) is 3.10. The van der Waals surface area contributed by atoms with E-state index in [-0.39, 0.29) is 10.9 Å². The predicted octanol–water partition coefficient (Wildman–Crippen LogP) is 0.971. The highest BCUT2D eigenvalue weighted by Gasteiger charge is 2.25. The average molecular weight is 285 g/mol. The highest BCUT2D eigenvalue weighted by Crippen LogP contribution is 2.20. The summed E-state index contributed by atoms with van der Waals surface area (Å²) in [5.74, 6) is 0. The maximum atomic E-state index is 12.3. The quantitative estimate of drug-likeness (QED) is 0.814. The highest BCUT2D eigenvalue weighted by molar-refractivity contribution is 7.89. The molecule has 7 heteroatoms. The van der Waals surface area contributed by atoms with Crippen molar-refractivity contribution in [3.05, 3.63) is 18.5 Å². The molecule has 0 bridgehead atoms. The smallest absolute Gasteiger partial charge is 0.244 e. The van der Waals surface area contributed by atoms with Gasteiger partial charge in [0.05, 0.1) is 12.3 Å². The Hall–Kier alpha value is -1.18. The van der Waals surface area contributed by atoms with E-state index in [1.807, 2.05) is 6.92 Å². The number of rotatable bonds is 6. The van der Waals surface area contributed by atoms with Crippen LogP contribution in [0.2, 0.25) is 0 Å². The van der Waals surface area contributed by atoms with Gasteiger partial charge in [-0.2, -0.15) is 0 Å². The minimum atomic E-state index is -3.56. The van der Waals surface area contributed by atoms with Gasteiger partial charge in [-0.05, 0) is 18.9 Å². The highest BCUT2D eigenvalue weighted by atomic mass is 32.2. The number of nitrogens with zero attached hydrogens (tertiary/aromatic N) is 1. The maximum Gasteiger partial charge on any atom is 0.244 e. The summed E-state index contributed by atoms with van der Waals surface area (Å²) < 4.78 is 32.5. The van der Waals surface area contributed by atoms with Gasteiger partial charge in [-0.15, -0.1) is 0 Å². The van der Waals surface area contributed by atoms with Crippen molar-refractivity contribution in [3.8, 4) is 0 Å². The van der Waals surface area contributed by atoms with Crippen molar-refractivity contribution >= 4 is 15.7 Å². The Balaban J connectivity index is 2.18. The molecule has 0 aromatic carbocycles. The summed E-state index contributed by atoms with van der Waals surface area (Å²) in [6, 6.07) is 1.53. The lowest BCUT2D eigenvalue weighted by Crippen LogP contribution is -2.35. The Morgan fingerprint density at radius 3 is 3.05 bits per heavy atom. The van der Waals surface area contributed by atoms with Crippen LogP contribution in [0.1, 0.15) is 19.8 Å². The lowest BCUT2D eigenvalue weighted by atomic mass is 10.3. The van der Waals surface area contributed by atoms with Crippen LogP contribution in [0.15, 0.2) is 23.4 Å². The van der Waals surface area contributed by atoms with E-state index in [0.29, 0.717) is 25.3 Å². The maximum absolute atomic E-state index is 12.3. The predicted molar refractivity (Wildman–Crippen MR) is 72.6 cm³/mol. The molecule has 106 valence electrons. The van der Waals surface area contributed by atoms with E-state index in [2.05, 4.69) is 15.0 Å². The van der Waals surface area contributed by atoms with Gasteiger partial charge < -0.3 is 10.1 Å². The topological polar surface area (TPSA) is 80.3 Å². The van der Waals surface area contributed by atoms with Crippen LogP contribution in [0.3, 0.4) is 0 Å². The zero-order valence-corrected chi connectivity index (χ0v) is 11.7. The Kier molecular flexibility index (Phi) is 4.73. The molecule has 2 N–H and O–H groups in total. The van der Waals surface area contributed by atoms with E-state index in [1.54, 1.807) is 12.3 Å². The van der Waals surface area contributed by atoms with E-state index in [1.165, 1.54) is 6.20 Å². The second-order valence-electron chi connectivity index (χ2n) is 4.48. The van der Waals surface area contributed by atoms with E-state index >= 15 is 0 Å². The summed E-state index contributed by atoms with van der Waals surface area (Å²) in [4.78, 5) is 4.09. The van der Waals surface area contributed by atoms with Crippen LogP contribution in [-0.2, 0) is 14.8 Å². The number of nitrogens with one attached hydrogen (secondary N) is 2. The first-order valence-corrected chi connectivity index (χ1v) is 7.90. The largest absolute Gasteiger partial charge is 0.384 e. The number of aromatic nitrogens is 1. The average Bonchev–Trinajstić information content (AvgIpc) is 2.88. The van der Waals surface area contributed by atoms with Gasteiger partial charge in [0.2, 0.25) is 10.0 Å². The Bertz CT molecular complexity index is 513. The molecule has 2 rings (SSSR count). The molecule has 19 heavy (non-hydrogen) atoms. The van der Waals surface area contributed by atoms with Crippen molar-refractivity contribution in [1.82, 2.24) is 9.71 Å². The standard InChI is InChI=1S/C12H19N3O3S/c1-2-5-14-11-3-6-13-8-12(11)19(16,17)15-10-4-7-18-9-10/h3,6,8,10,15H,2,4-5,7,9H2,1H3,(H,13,14). The number of hydrogen-bond donors (Lipinski definition) is 2. The number of pyridine rings is 1. The van der Waals surface area contributed by atoms with E-state index in [4.69, 9.17) is 4.74 Å². The van der Waals surface area contributed by atoms with Gasteiger partial charge >= 0.3 is 0 Å². The van der Waals surface area contributed by atoms with Crippen LogP contribution in [0.5, 0.6) is 0 Å². The molecule has 1 aromatic rings. The first-order chi connectivity index (χ1) is 9.13. The Morgan fingerprint density at radius 2 is 2.37 bits per heavy atom. The molecule has 6 nitrogen and oxygen atoms in total. The van der Waals surface area contributed by atoms with Gasteiger partial charge in [-0.1, -0.05) is 6.92 Å². The Labute approximate surface area is 113 Å². The second-order valence-corrected chi connectivity index (χ2v) is 6.16. The molecule has 2 heterocycles. The fourth-order valence-corrected chi connectivity index (χ4v) is 3.29. The van der Waals surface area contributed by atoms with Gasteiger partial charge in [-0.25, -0.2) is 13.1 Å². The van der Waals surface area contributed by atoms with Crippen molar-refractivity contribution in [1.29, 1.82) is 0 Å². The molecular weight excluding hydrogens is 266 g/mol. The van der Waals surface area contributed by atoms with Crippen molar-refractivity contribution < 1.29 is 13.2 Å². The molecule has 0 aliphatic carbocycles. The second kappa shape index (κ2) is 6.31. The van der Waals surface area contributed by atoms with Crippen LogP contribution < -0.4 is 10.0 Å². The third-order valence-corrected chi connectivity index (χ3v) is 4.44. The summed E-state index contributed by atoms with van der Waals surface area (Å²) in [6.07, 6.45) is 4.58. The lowest BCUT2D eigenvalue weighted by molar-refractivity contribution is 0.192. The molecule has 0 radical (unpaired) electrons. The Morgan fingerprint density at radius 1 is 1.53 bits per heavy atom. The van der Waals surface area contributed by atoms with Crippen molar-refractivity contribution in [2.75, 3.05) is 25.1 Å². The molecule has 0 saturated carbocycles. The van der Waals surface area contributed by atoms with Crippen LogP contribution >= 0.6 is 0 Å². The molecule has 1 saturated heterocycles. The van der Waals surface area contributed by atoms with E-state index < -0.39 is 10.0 Å². The van der Waals surface area contributed by atoms with Crippen molar-refractivity contribution in [2.45, 2.75) is 30.7 Å². The number of anilines is 1. The van der Waals surface area contributed by atoms with Gasteiger partial charge in [0.1, 0.15) is 4.90 Å². The molecule has 1 aliphatic heterocycles. The zero-order valence-electron chi connectivity index (χ0n) is 10.9. The molecule has 1 fully saturated rings. The third-order valence-electron chi connectivity index (χ3n) is 2.89. The van der Waals surface area contributed by atoms with Crippen LogP contribution in [0, 0.1) is 0 Å². The summed E-state index contributed by atoms with van der Waals surface area (Å²) in [6.45, 7) is 3.77. The molecule has 1 atom stereocenters. The van der Waals surface area contributed by atoms with Crippen molar-refractivity contribution in [2.24, 2.45) is 0 Å². The van der Waals surface area contributed by atoms with Gasteiger partial charge in [0, 0.05) is 31.6 Å². The van der Waals surface area contributed by atoms with Crippen LogP contribution in [0.25, 0.3) is 0 Å². The summed E-state index contributed by atoms with van der Waals surface area (Å²) in [5.41, 5.74) is 0.586. The third kappa shape index (κ3) is 3.65. The fourth-order valence-electron chi connectivity index (χ4n) is 1.91. The summed E-state index contributed by atoms with van der Waals surface area (Å²) >= 11 is 0. The van der Waals surface area contributed by atoms with Gasteiger partial charge in [0.15, 0.2) is 0 Å². The number of ether oxygens (including phenoxy) is 1. The van der Waals surface area contributed by atoms with Crippen LogP contribution in [-0.4, -0.2) is 39.2 Å². The van der Waals surface area contributed by atoms with E-state index in [0.717, 1.165) is 13.0 Å². The summed E-state index contributed by atoms with van der Waals surface area (Å²) in [7, 11) is -3.56. The van der Waals surface area contributed by atoms with Crippen molar-refractivity contribution in [3.63, 3.8) is 0 Å². The minimum absolute atomic E-state index is 0.149. The number of sulfonamides is 1. The number of hydrogen-bond acceptors (Lipinski definition) is 5. The monoisotopic (exact) mass is 285 g/mol. The molecular formula is C12H19N3O3S. The first-order valence-electron chi connectivity index (χ1n) is 6.41. The van der Waals surface area contributed by atoms with E-state index in [9.17, 15) is 8.42 Å². The molecule has 1 unspecified atom stereocenters. The molecule has 0 spiro atoms. The molecule has 1 aromatic heterocycles. The molecule has 0 amide bonds. The van der Waals surface area contributed by atoms with Gasteiger partial charge in [-0.3, -0.25) is 4.98 Å². The minimum Gasteiger partial charge on any atom is -0.384 e. The van der Waals surface area contributed by atoms with Gasteiger partial charge in [0.25, 0.3) is 0 Å².